The average molecular weight is 370 g/mol. The lowest BCUT2D eigenvalue weighted by Gasteiger charge is -2.10. The molecule has 0 aliphatic carbocycles. The number of nitrogens with zero attached hydrogens (tertiary/aromatic N) is 4. The molecule has 0 amide bonds. The van der Waals surface area contributed by atoms with E-state index < -0.39 is 0 Å². The fourth-order valence-electron chi connectivity index (χ4n) is 3.43. The minimum absolute atomic E-state index is 0.259. The zero-order valence-electron chi connectivity index (χ0n) is 15.8. The van der Waals surface area contributed by atoms with Gasteiger partial charge in [0, 0.05) is 30.8 Å². The van der Waals surface area contributed by atoms with Crippen molar-refractivity contribution >= 4 is 6.03 Å². The molecule has 4 rings (SSSR count). The van der Waals surface area contributed by atoms with Crippen LogP contribution in [0.15, 0.2) is 79.1 Å². The molecule has 5 nitrogen and oxygen atoms in total. The summed E-state index contributed by atoms with van der Waals surface area (Å²) < 4.78 is 2.85. The Morgan fingerprint density at radius 1 is 0.893 bits per heavy atom. The standard InChI is InChI=1S/C23H22N4O/c1-2-21-20(16-18-10-5-3-6-11-18)22(17-19-12-7-4-8-13-19)27(25-21)23(28)26-15-9-14-24-26/h3-15H,2,16-17H2,1H3. The van der Waals surface area contributed by atoms with E-state index in [1.165, 1.54) is 14.9 Å². The second-order valence-corrected chi connectivity index (χ2v) is 6.70. The van der Waals surface area contributed by atoms with Crippen molar-refractivity contribution in [3.63, 3.8) is 0 Å². The Balaban J connectivity index is 1.82. The van der Waals surface area contributed by atoms with Crippen LogP contribution in [0.3, 0.4) is 0 Å². The van der Waals surface area contributed by atoms with Gasteiger partial charge >= 0.3 is 6.03 Å². The third-order valence-corrected chi connectivity index (χ3v) is 4.83. The molecule has 0 N–H and O–H groups in total. The number of hydrogen-bond donors (Lipinski definition) is 0. The first kappa shape index (κ1) is 17.9. The van der Waals surface area contributed by atoms with E-state index in [4.69, 9.17) is 0 Å². The molecule has 2 aromatic carbocycles. The lowest BCUT2D eigenvalue weighted by molar-refractivity contribution is 0.237. The fourth-order valence-corrected chi connectivity index (χ4v) is 3.43. The highest BCUT2D eigenvalue weighted by molar-refractivity contribution is 5.78. The highest BCUT2D eigenvalue weighted by atomic mass is 16.2. The van der Waals surface area contributed by atoms with Crippen molar-refractivity contribution in [1.29, 1.82) is 0 Å². The summed E-state index contributed by atoms with van der Waals surface area (Å²) in [7, 11) is 0. The van der Waals surface area contributed by atoms with E-state index >= 15 is 0 Å². The van der Waals surface area contributed by atoms with Gasteiger partial charge in [0.15, 0.2) is 0 Å². The Kier molecular flexibility index (Phi) is 5.15. The maximum absolute atomic E-state index is 13.1. The van der Waals surface area contributed by atoms with E-state index in [1.807, 2.05) is 36.4 Å². The van der Waals surface area contributed by atoms with E-state index in [9.17, 15) is 4.79 Å². The molecule has 2 aromatic heterocycles. The van der Waals surface area contributed by atoms with Crippen molar-refractivity contribution in [3.05, 3.63) is 107 Å². The van der Waals surface area contributed by atoms with Crippen LogP contribution in [0.2, 0.25) is 0 Å². The van der Waals surface area contributed by atoms with Gasteiger partial charge in [0.2, 0.25) is 0 Å². The summed E-state index contributed by atoms with van der Waals surface area (Å²) in [6, 6.07) is 22.0. The first-order valence-corrected chi connectivity index (χ1v) is 9.48. The summed E-state index contributed by atoms with van der Waals surface area (Å²) in [5.74, 6) is 0. The predicted molar refractivity (Wildman–Crippen MR) is 109 cm³/mol. The van der Waals surface area contributed by atoms with Crippen molar-refractivity contribution in [3.8, 4) is 0 Å². The summed E-state index contributed by atoms with van der Waals surface area (Å²) >= 11 is 0. The quantitative estimate of drug-likeness (QED) is 0.525. The number of benzene rings is 2. The molecule has 0 fully saturated rings. The van der Waals surface area contributed by atoms with Gasteiger partial charge in [-0.15, -0.1) is 0 Å². The molecule has 0 atom stereocenters. The van der Waals surface area contributed by atoms with Crippen molar-refractivity contribution in [2.45, 2.75) is 26.2 Å². The van der Waals surface area contributed by atoms with Crippen LogP contribution in [0, 0.1) is 0 Å². The number of carbonyl (C=O) groups is 1. The molecule has 0 saturated heterocycles. The molecular weight excluding hydrogens is 348 g/mol. The molecule has 0 aliphatic heterocycles. The minimum atomic E-state index is -0.259. The van der Waals surface area contributed by atoms with Crippen molar-refractivity contribution in [1.82, 2.24) is 19.6 Å². The third kappa shape index (κ3) is 3.64. The van der Waals surface area contributed by atoms with E-state index in [-0.39, 0.29) is 6.03 Å². The molecular formula is C23H22N4O. The van der Waals surface area contributed by atoms with E-state index in [1.54, 1.807) is 18.5 Å². The van der Waals surface area contributed by atoms with E-state index in [0.717, 1.165) is 35.4 Å². The van der Waals surface area contributed by atoms with Crippen LogP contribution in [0.1, 0.15) is 35.0 Å². The van der Waals surface area contributed by atoms with Crippen LogP contribution >= 0.6 is 0 Å². The van der Waals surface area contributed by atoms with Crippen LogP contribution < -0.4 is 0 Å². The summed E-state index contributed by atoms with van der Waals surface area (Å²) in [4.78, 5) is 13.1. The molecule has 140 valence electrons. The first-order chi connectivity index (χ1) is 13.8. The molecule has 0 aliphatic rings. The number of aromatic nitrogens is 4. The van der Waals surface area contributed by atoms with E-state index in [2.05, 4.69) is 41.4 Å². The molecule has 0 unspecified atom stereocenters. The number of aryl methyl sites for hydroxylation is 1. The Morgan fingerprint density at radius 3 is 2.11 bits per heavy atom. The maximum atomic E-state index is 13.1. The Hall–Kier alpha value is -3.47. The largest absolute Gasteiger partial charge is 0.369 e. The van der Waals surface area contributed by atoms with Gasteiger partial charge in [0.05, 0.1) is 11.4 Å². The monoisotopic (exact) mass is 370 g/mol. The lowest BCUT2D eigenvalue weighted by Crippen LogP contribution is -2.23. The topological polar surface area (TPSA) is 52.7 Å². The summed E-state index contributed by atoms with van der Waals surface area (Å²) in [6.07, 6.45) is 5.41. The van der Waals surface area contributed by atoms with Crippen molar-refractivity contribution < 1.29 is 4.79 Å². The van der Waals surface area contributed by atoms with Gasteiger partial charge in [-0.3, -0.25) is 0 Å². The van der Waals surface area contributed by atoms with E-state index in [0.29, 0.717) is 6.42 Å². The van der Waals surface area contributed by atoms with Crippen molar-refractivity contribution in [2.24, 2.45) is 0 Å². The summed E-state index contributed by atoms with van der Waals surface area (Å²) in [6.45, 7) is 2.08. The Morgan fingerprint density at radius 2 is 1.54 bits per heavy atom. The molecule has 0 bridgehead atoms. The first-order valence-electron chi connectivity index (χ1n) is 9.48. The molecule has 5 heteroatoms. The van der Waals surface area contributed by atoms with Crippen LogP contribution in [-0.4, -0.2) is 25.6 Å². The predicted octanol–water partition coefficient (Wildman–Crippen LogP) is 4.34. The number of hydrogen-bond acceptors (Lipinski definition) is 3. The molecule has 4 aromatic rings. The molecule has 0 saturated carbocycles. The van der Waals surface area contributed by atoms with Gasteiger partial charge in [-0.25, -0.2) is 4.79 Å². The van der Waals surface area contributed by atoms with Crippen LogP contribution in [-0.2, 0) is 19.3 Å². The highest BCUT2D eigenvalue weighted by Crippen LogP contribution is 2.23. The Bertz CT molecular complexity index is 1050. The summed E-state index contributed by atoms with van der Waals surface area (Å²) in [5.41, 5.74) is 5.35. The normalized spacial score (nSPS) is 10.9. The number of rotatable bonds is 5. The third-order valence-electron chi connectivity index (χ3n) is 4.83. The SMILES string of the molecule is CCc1nn(C(=O)n2cccn2)c(Cc2ccccc2)c1Cc1ccccc1. The van der Waals surface area contributed by atoms with Crippen LogP contribution in [0.25, 0.3) is 0 Å². The van der Waals surface area contributed by atoms with Gasteiger partial charge in [-0.05, 0) is 23.6 Å². The minimum Gasteiger partial charge on any atom is -0.244 e. The zero-order valence-corrected chi connectivity index (χ0v) is 15.8. The highest BCUT2D eigenvalue weighted by Gasteiger charge is 2.22. The second kappa shape index (κ2) is 8.05. The molecule has 0 spiro atoms. The lowest BCUT2D eigenvalue weighted by atomic mass is 9.98. The van der Waals surface area contributed by atoms with Crippen LogP contribution in [0.4, 0.5) is 4.79 Å². The van der Waals surface area contributed by atoms with Gasteiger partial charge in [-0.1, -0.05) is 67.6 Å². The van der Waals surface area contributed by atoms with Crippen molar-refractivity contribution in [2.75, 3.05) is 0 Å². The number of carbonyl (C=O) groups excluding carboxylic acids is 1. The maximum Gasteiger partial charge on any atom is 0.369 e. The fraction of sp³-hybridized carbons (Fsp3) is 0.174. The summed E-state index contributed by atoms with van der Waals surface area (Å²) in [5, 5.41) is 8.78. The molecule has 28 heavy (non-hydrogen) atoms. The van der Waals surface area contributed by atoms with Crippen LogP contribution in [0.5, 0.6) is 0 Å². The smallest absolute Gasteiger partial charge is 0.244 e. The van der Waals surface area contributed by atoms with Gasteiger partial charge in [0.1, 0.15) is 0 Å². The average Bonchev–Trinajstić information content (AvgIpc) is 3.38. The molecule has 0 radical (unpaired) electrons. The Labute approximate surface area is 164 Å². The second-order valence-electron chi connectivity index (χ2n) is 6.70. The van der Waals surface area contributed by atoms with Gasteiger partial charge < -0.3 is 0 Å². The molecule has 2 heterocycles. The van der Waals surface area contributed by atoms with Gasteiger partial charge in [-0.2, -0.15) is 19.6 Å². The zero-order chi connectivity index (χ0) is 19.3. The van der Waals surface area contributed by atoms with Gasteiger partial charge in [0.25, 0.3) is 0 Å².